The molecule has 0 amide bonds. The summed E-state index contributed by atoms with van der Waals surface area (Å²) in [5, 5.41) is 38.6. The smallest absolute Gasteiger partial charge is 0.369 e. The number of hydrogen-bond donors (Lipinski definition) is 4. The largest absolute Gasteiger partial charge is 0.388 e. The normalized spacial score (nSPS) is 42.1. The minimum atomic E-state index is -4.41. The molecule has 1 fully saturated rings. The quantitative estimate of drug-likeness (QED) is 0.485. The van der Waals surface area contributed by atoms with Crippen LogP contribution in [0.3, 0.4) is 0 Å². The van der Waals surface area contributed by atoms with Gasteiger partial charge in [-0.05, 0) is 6.92 Å². The van der Waals surface area contributed by atoms with Gasteiger partial charge in [-0.15, -0.1) is 0 Å². The lowest BCUT2D eigenvalue weighted by molar-refractivity contribution is -0.353. The van der Waals surface area contributed by atoms with E-state index in [-0.39, 0.29) is 0 Å². The standard InChI is InChI=1S/C9H18FO8P/c1-4-5(11)6(12)7(13)9(14,18-4)8(10)19(15,16-2)17-3/h4-8,11-14H,1-3H3/t4-,5-,6+,7+,8+,9-/m0/s1. The van der Waals surface area contributed by atoms with Gasteiger partial charge in [0.15, 0.2) is 0 Å². The Labute approximate surface area is 109 Å². The highest BCUT2D eigenvalue weighted by Gasteiger charge is 2.62. The number of hydrogen-bond acceptors (Lipinski definition) is 8. The van der Waals surface area contributed by atoms with Crippen LogP contribution in [0.15, 0.2) is 0 Å². The third kappa shape index (κ3) is 2.70. The minimum absolute atomic E-state index is 0.893. The monoisotopic (exact) mass is 304 g/mol. The van der Waals surface area contributed by atoms with E-state index >= 15 is 0 Å². The molecule has 6 atom stereocenters. The molecule has 1 saturated heterocycles. The maximum absolute atomic E-state index is 14.2. The van der Waals surface area contributed by atoms with Crippen LogP contribution in [-0.2, 0) is 18.3 Å². The fraction of sp³-hybridized carbons (Fsp3) is 1.00. The van der Waals surface area contributed by atoms with Crippen LogP contribution in [0.4, 0.5) is 4.39 Å². The highest BCUT2D eigenvalue weighted by Crippen LogP contribution is 2.57. The molecule has 8 nitrogen and oxygen atoms in total. The molecule has 0 aromatic heterocycles. The number of ether oxygens (including phenoxy) is 1. The van der Waals surface area contributed by atoms with Crippen LogP contribution in [0.1, 0.15) is 6.92 Å². The third-order valence-electron chi connectivity index (χ3n) is 3.08. The zero-order valence-electron chi connectivity index (χ0n) is 10.6. The van der Waals surface area contributed by atoms with Crippen LogP contribution in [0.5, 0.6) is 0 Å². The molecule has 0 unspecified atom stereocenters. The first kappa shape index (κ1) is 16.9. The van der Waals surface area contributed by atoms with Crippen LogP contribution >= 0.6 is 7.60 Å². The lowest BCUT2D eigenvalue weighted by Crippen LogP contribution is -2.67. The van der Waals surface area contributed by atoms with Crippen LogP contribution in [0, 0.1) is 0 Å². The topological polar surface area (TPSA) is 126 Å². The maximum atomic E-state index is 14.2. The second-order valence-corrected chi connectivity index (χ2v) is 6.50. The van der Waals surface area contributed by atoms with Gasteiger partial charge in [-0.3, -0.25) is 4.57 Å². The molecule has 0 saturated carbocycles. The average molecular weight is 304 g/mol. The summed E-state index contributed by atoms with van der Waals surface area (Å²) in [6.07, 6.45) is -6.85. The molecule has 1 aliphatic heterocycles. The maximum Gasteiger partial charge on any atom is 0.369 e. The van der Waals surface area contributed by atoms with Crippen molar-refractivity contribution in [3.63, 3.8) is 0 Å². The number of rotatable bonds is 4. The van der Waals surface area contributed by atoms with Gasteiger partial charge < -0.3 is 34.2 Å². The van der Waals surface area contributed by atoms with E-state index in [1.165, 1.54) is 6.92 Å². The van der Waals surface area contributed by atoms with Crippen molar-refractivity contribution < 1.29 is 43.2 Å². The number of alkyl halides is 1. The molecule has 0 spiro atoms. The zero-order chi connectivity index (χ0) is 15.0. The Balaban J connectivity index is 3.12. The molecule has 1 heterocycles. The van der Waals surface area contributed by atoms with Gasteiger partial charge in [0.25, 0.3) is 5.91 Å². The Morgan fingerprint density at radius 1 is 1.26 bits per heavy atom. The summed E-state index contributed by atoms with van der Waals surface area (Å²) < 4.78 is 39.6. The Kier molecular flexibility index (Phi) is 5.09. The van der Waals surface area contributed by atoms with E-state index in [2.05, 4.69) is 9.05 Å². The van der Waals surface area contributed by atoms with Crippen LogP contribution in [0.2, 0.25) is 0 Å². The van der Waals surface area contributed by atoms with Gasteiger partial charge in [-0.2, -0.15) is 0 Å². The first-order chi connectivity index (χ1) is 8.64. The predicted molar refractivity (Wildman–Crippen MR) is 60.0 cm³/mol. The van der Waals surface area contributed by atoms with Gasteiger partial charge in [0.2, 0.25) is 5.79 Å². The fourth-order valence-electron chi connectivity index (χ4n) is 1.83. The number of aliphatic hydroxyl groups is 4. The van der Waals surface area contributed by atoms with Crippen LogP contribution in [0.25, 0.3) is 0 Å². The average Bonchev–Trinajstić information content (AvgIpc) is 2.41. The summed E-state index contributed by atoms with van der Waals surface area (Å²) in [5.41, 5.74) is 0. The van der Waals surface area contributed by atoms with E-state index in [9.17, 15) is 29.4 Å². The highest BCUT2D eigenvalue weighted by atomic mass is 31.2. The van der Waals surface area contributed by atoms with Crippen molar-refractivity contribution in [3.05, 3.63) is 0 Å². The van der Waals surface area contributed by atoms with Crippen molar-refractivity contribution in [2.24, 2.45) is 0 Å². The molecule has 0 bridgehead atoms. The minimum Gasteiger partial charge on any atom is -0.388 e. The van der Waals surface area contributed by atoms with Gasteiger partial charge in [-0.25, -0.2) is 4.39 Å². The van der Waals surface area contributed by atoms with Crippen molar-refractivity contribution in [1.29, 1.82) is 0 Å². The molecule has 0 radical (unpaired) electrons. The summed E-state index contributed by atoms with van der Waals surface area (Å²) in [4.78, 5) is 0. The summed E-state index contributed by atoms with van der Waals surface area (Å²) in [6, 6.07) is 0. The molecule has 10 heteroatoms. The summed E-state index contributed by atoms with van der Waals surface area (Å²) in [7, 11) is -2.62. The van der Waals surface area contributed by atoms with Crippen molar-refractivity contribution in [2.45, 2.75) is 43.0 Å². The van der Waals surface area contributed by atoms with Gasteiger partial charge in [-0.1, -0.05) is 0 Å². The fourth-order valence-corrected chi connectivity index (χ4v) is 3.02. The van der Waals surface area contributed by atoms with E-state index in [1.807, 2.05) is 0 Å². The lowest BCUT2D eigenvalue weighted by Gasteiger charge is -2.46. The third-order valence-corrected chi connectivity index (χ3v) is 5.02. The number of aliphatic hydroxyl groups excluding tert-OH is 3. The van der Waals surface area contributed by atoms with E-state index < -0.39 is 43.7 Å². The van der Waals surface area contributed by atoms with Crippen LogP contribution < -0.4 is 0 Å². The lowest BCUT2D eigenvalue weighted by atomic mass is 9.93. The van der Waals surface area contributed by atoms with Crippen molar-refractivity contribution in [3.8, 4) is 0 Å². The Morgan fingerprint density at radius 3 is 2.16 bits per heavy atom. The molecular weight excluding hydrogens is 286 g/mol. The van der Waals surface area contributed by atoms with Gasteiger partial charge in [0.05, 0.1) is 6.10 Å². The molecule has 114 valence electrons. The Bertz CT molecular complexity index is 360. The molecule has 19 heavy (non-hydrogen) atoms. The highest BCUT2D eigenvalue weighted by molar-refractivity contribution is 7.54. The summed E-state index contributed by atoms with van der Waals surface area (Å²) >= 11 is 0. The molecule has 0 aromatic carbocycles. The van der Waals surface area contributed by atoms with Gasteiger partial charge >= 0.3 is 7.60 Å². The zero-order valence-corrected chi connectivity index (χ0v) is 11.5. The molecule has 1 aliphatic rings. The second-order valence-electron chi connectivity index (χ2n) is 4.24. The van der Waals surface area contributed by atoms with E-state index in [4.69, 9.17) is 4.74 Å². The summed E-state index contributed by atoms with van der Waals surface area (Å²) in [6.45, 7) is 1.24. The Hall–Kier alpha value is -0.120. The SMILES string of the molecule is COP(=O)(OC)[C@@H](F)[C@@]1(O)O[C@@H](C)[C@H](O)[C@@H](O)[C@H]1O. The van der Waals surface area contributed by atoms with E-state index in [0.717, 1.165) is 14.2 Å². The van der Waals surface area contributed by atoms with Crippen LogP contribution in [-0.4, -0.2) is 70.8 Å². The number of halogens is 1. The van der Waals surface area contributed by atoms with E-state index in [1.54, 1.807) is 0 Å². The first-order valence-corrected chi connectivity index (χ1v) is 7.05. The van der Waals surface area contributed by atoms with Gasteiger partial charge in [0.1, 0.15) is 18.3 Å². The van der Waals surface area contributed by atoms with Gasteiger partial charge in [0, 0.05) is 14.2 Å². The Morgan fingerprint density at radius 2 is 1.74 bits per heavy atom. The molecule has 0 aromatic rings. The van der Waals surface area contributed by atoms with Crippen molar-refractivity contribution in [1.82, 2.24) is 0 Å². The molecule has 4 N–H and O–H groups in total. The van der Waals surface area contributed by atoms with Crippen molar-refractivity contribution in [2.75, 3.05) is 14.2 Å². The summed E-state index contributed by atoms with van der Waals surface area (Å²) in [5.74, 6) is -5.80. The van der Waals surface area contributed by atoms with E-state index in [0.29, 0.717) is 0 Å². The first-order valence-electron chi connectivity index (χ1n) is 5.43. The van der Waals surface area contributed by atoms with Crippen molar-refractivity contribution >= 4 is 7.60 Å². The molecular formula is C9H18FO8P. The molecule has 1 rings (SSSR count). The predicted octanol–water partition coefficient (Wildman–Crippen LogP) is -1.04. The second kappa shape index (κ2) is 5.71. The molecule has 0 aliphatic carbocycles.